The molecule has 0 unspecified atom stereocenters. The van der Waals surface area contributed by atoms with E-state index < -0.39 is 0 Å². The number of amides is 1. The molecule has 20 heavy (non-hydrogen) atoms. The third-order valence-corrected chi connectivity index (χ3v) is 4.80. The van der Waals surface area contributed by atoms with Crippen LogP contribution in [-0.2, 0) is 0 Å². The minimum atomic E-state index is 0.0596. The number of aromatic nitrogens is 1. The number of nitrogens with zero attached hydrogens (tertiary/aromatic N) is 1. The molecule has 1 fully saturated rings. The normalized spacial score (nSPS) is 23.1. The summed E-state index contributed by atoms with van der Waals surface area (Å²) < 4.78 is 2.99. The van der Waals surface area contributed by atoms with Crippen LogP contribution in [-0.4, -0.2) is 16.5 Å². The first-order chi connectivity index (χ1) is 9.51. The summed E-state index contributed by atoms with van der Waals surface area (Å²) in [6.07, 6.45) is 7.98. The zero-order valence-electron chi connectivity index (χ0n) is 12.7. The molecule has 1 aliphatic rings. The van der Waals surface area contributed by atoms with Gasteiger partial charge in [-0.3, -0.25) is 4.79 Å². The zero-order valence-corrected chi connectivity index (χ0v) is 14.2. The van der Waals surface area contributed by atoms with Gasteiger partial charge in [0.1, 0.15) is 5.69 Å². The van der Waals surface area contributed by atoms with Crippen molar-refractivity contribution in [3.63, 3.8) is 0 Å². The molecule has 0 aliphatic heterocycles. The lowest BCUT2D eigenvalue weighted by molar-refractivity contribution is 0.0910. The molecule has 1 aromatic rings. The van der Waals surface area contributed by atoms with Crippen molar-refractivity contribution in [2.45, 2.75) is 65.0 Å². The first-order valence-electron chi connectivity index (χ1n) is 7.69. The quantitative estimate of drug-likeness (QED) is 0.858. The fourth-order valence-corrected chi connectivity index (χ4v) is 3.47. The van der Waals surface area contributed by atoms with Gasteiger partial charge in [0, 0.05) is 22.8 Å². The van der Waals surface area contributed by atoms with E-state index in [-0.39, 0.29) is 11.9 Å². The summed E-state index contributed by atoms with van der Waals surface area (Å²) in [7, 11) is 0. The zero-order chi connectivity index (χ0) is 14.7. The van der Waals surface area contributed by atoms with E-state index >= 15 is 0 Å². The van der Waals surface area contributed by atoms with Crippen molar-refractivity contribution in [3.05, 3.63) is 22.4 Å². The van der Waals surface area contributed by atoms with Crippen LogP contribution in [0.1, 0.15) is 69.4 Å². The average molecular weight is 341 g/mol. The largest absolute Gasteiger partial charge is 0.348 e. The summed E-state index contributed by atoms with van der Waals surface area (Å²) in [4.78, 5) is 12.4. The lowest BCUT2D eigenvalue weighted by Gasteiger charge is -2.28. The lowest BCUT2D eigenvalue weighted by Crippen LogP contribution is -2.38. The Morgan fingerprint density at radius 2 is 2.05 bits per heavy atom. The second kappa shape index (κ2) is 6.79. The van der Waals surface area contributed by atoms with Gasteiger partial charge in [0.05, 0.1) is 0 Å². The molecule has 0 atom stereocenters. The van der Waals surface area contributed by atoms with Crippen molar-refractivity contribution in [1.29, 1.82) is 0 Å². The highest BCUT2D eigenvalue weighted by molar-refractivity contribution is 9.10. The third kappa shape index (κ3) is 3.66. The molecule has 0 radical (unpaired) electrons. The minimum absolute atomic E-state index is 0.0596. The Balaban J connectivity index is 1.99. The number of carbonyl (C=O) groups is 1. The topological polar surface area (TPSA) is 34.0 Å². The second-order valence-electron chi connectivity index (χ2n) is 6.14. The number of halogens is 1. The SMILES string of the molecule is CCC1CCC(NC(=O)c2cc(Br)cn2C(C)C)CC1. The van der Waals surface area contributed by atoms with E-state index in [1.54, 1.807) is 0 Å². The highest BCUT2D eigenvalue weighted by Gasteiger charge is 2.23. The summed E-state index contributed by atoms with van der Waals surface area (Å²) >= 11 is 3.46. The fraction of sp³-hybridized carbons (Fsp3) is 0.688. The van der Waals surface area contributed by atoms with Gasteiger partial charge in [-0.2, -0.15) is 0 Å². The van der Waals surface area contributed by atoms with Crippen molar-refractivity contribution in [2.75, 3.05) is 0 Å². The number of carbonyl (C=O) groups excluding carboxylic acids is 1. The molecule has 2 rings (SSSR count). The maximum atomic E-state index is 12.4. The van der Waals surface area contributed by atoms with E-state index in [4.69, 9.17) is 0 Å². The minimum Gasteiger partial charge on any atom is -0.348 e. The van der Waals surface area contributed by atoms with Gasteiger partial charge >= 0.3 is 0 Å². The average Bonchev–Trinajstić information content (AvgIpc) is 2.82. The van der Waals surface area contributed by atoms with Crippen LogP contribution in [0.5, 0.6) is 0 Å². The van der Waals surface area contributed by atoms with Gasteiger partial charge in [0.15, 0.2) is 0 Å². The van der Waals surface area contributed by atoms with Crippen LogP contribution in [0, 0.1) is 5.92 Å². The number of hydrogen-bond donors (Lipinski definition) is 1. The van der Waals surface area contributed by atoms with Crippen LogP contribution >= 0.6 is 15.9 Å². The molecule has 3 nitrogen and oxygen atoms in total. The van der Waals surface area contributed by atoms with Gasteiger partial charge < -0.3 is 9.88 Å². The molecular formula is C16H25BrN2O. The van der Waals surface area contributed by atoms with Crippen LogP contribution < -0.4 is 5.32 Å². The van der Waals surface area contributed by atoms with Gasteiger partial charge in [-0.25, -0.2) is 0 Å². The second-order valence-corrected chi connectivity index (χ2v) is 7.06. The molecule has 1 amide bonds. The summed E-state index contributed by atoms with van der Waals surface area (Å²) in [6, 6.07) is 2.55. The summed E-state index contributed by atoms with van der Waals surface area (Å²) in [5, 5.41) is 3.21. The first kappa shape index (κ1) is 15.6. The first-order valence-corrected chi connectivity index (χ1v) is 8.48. The predicted molar refractivity (Wildman–Crippen MR) is 86.0 cm³/mol. The Morgan fingerprint density at radius 1 is 1.40 bits per heavy atom. The molecule has 1 aliphatic carbocycles. The fourth-order valence-electron chi connectivity index (χ4n) is 3.03. The maximum Gasteiger partial charge on any atom is 0.268 e. The molecule has 0 aromatic carbocycles. The van der Waals surface area contributed by atoms with E-state index in [1.807, 2.05) is 16.8 Å². The van der Waals surface area contributed by atoms with Gasteiger partial charge in [-0.15, -0.1) is 0 Å². The van der Waals surface area contributed by atoms with E-state index in [2.05, 4.69) is 42.0 Å². The van der Waals surface area contributed by atoms with Crippen LogP contribution in [0.15, 0.2) is 16.7 Å². The Hall–Kier alpha value is -0.770. The Bertz CT molecular complexity index is 459. The van der Waals surface area contributed by atoms with Crippen molar-refractivity contribution < 1.29 is 4.79 Å². The van der Waals surface area contributed by atoms with E-state index in [1.165, 1.54) is 19.3 Å². The van der Waals surface area contributed by atoms with E-state index in [0.29, 0.717) is 6.04 Å². The van der Waals surface area contributed by atoms with Gasteiger partial charge in [0.2, 0.25) is 0 Å². The van der Waals surface area contributed by atoms with Gasteiger partial charge in [0.25, 0.3) is 5.91 Å². The molecular weight excluding hydrogens is 316 g/mol. The molecule has 1 N–H and O–H groups in total. The van der Waals surface area contributed by atoms with Crippen molar-refractivity contribution >= 4 is 21.8 Å². The molecule has 112 valence electrons. The summed E-state index contributed by atoms with van der Waals surface area (Å²) in [6.45, 7) is 6.45. The number of rotatable bonds is 4. The lowest BCUT2D eigenvalue weighted by atomic mass is 9.84. The number of hydrogen-bond acceptors (Lipinski definition) is 1. The van der Waals surface area contributed by atoms with Crippen LogP contribution in [0.4, 0.5) is 0 Å². The van der Waals surface area contributed by atoms with E-state index in [0.717, 1.165) is 28.9 Å². The van der Waals surface area contributed by atoms with Crippen LogP contribution in [0.3, 0.4) is 0 Å². The highest BCUT2D eigenvalue weighted by atomic mass is 79.9. The highest BCUT2D eigenvalue weighted by Crippen LogP contribution is 2.27. The van der Waals surface area contributed by atoms with Crippen molar-refractivity contribution in [3.8, 4) is 0 Å². The Kier molecular flexibility index (Phi) is 5.30. The molecule has 0 spiro atoms. The van der Waals surface area contributed by atoms with Crippen LogP contribution in [0.2, 0.25) is 0 Å². The smallest absolute Gasteiger partial charge is 0.268 e. The van der Waals surface area contributed by atoms with E-state index in [9.17, 15) is 4.79 Å². The molecule has 0 bridgehead atoms. The molecule has 1 heterocycles. The summed E-state index contributed by atoms with van der Waals surface area (Å²) in [5.41, 5.74) is 0.754. The third-order valence-electron chi connectivity index (χ3n) is 4.36. The van der Waals surface area contributed by atoms with Crippen molar-refractivity contribution in [2.24, 2.45) is 5.92 Å². The predicted octanol–water partition coefficient (Wildman–Crippen LogP) is 4.53. The van der Waals surface area contributed by atoms with Gasteiger partial charge in [-0.1, -0.05) is 13.3 Å². The molecule has 1 aromatic heterocycles. The Morgan fingerprint density at radius 3 is 2.60 bits per heavy atom. The summed E-state index contributed by atoms with van der Waals surface area (Å²) in [5.74, 6) is 0.918. The van der Waals surface area contributed by atoms with Crippen molar-refractivity contribution in [1.82, 2.24) is 9.88 Å². The Labute approximate surface area is 130 Å². The van der Waals surface area contributed by atoms with Crippen LogP contribution in [0.25, 0.3) is 0 Å². The monoisotopic (exact) mass is 340 g/mol. The standard InChI is InChI=1S/C16H25BrN2O/c1-4-12-5-7-14(8-6-12)18-16(20)15-9-13(17)10-19(15)11(2)3/h9-12,14H,4-8H2,1-3H3,(H,18,20). The van der Waals surface area contributed by atoms with Gasteiger partial charge in [-0.05, 0) is 67.4 Å². The maximum absolute atomic E-state index is 12.4. The molecule has 0 saturated heterocycles. The molecule has 4 heteroatoms. The number of nitrogens with one attached hydrogen (secondary N) is 1. The molecule has 1 saturated carbocycles.